The number of benzene rings is 2. The average Bonchev–Trinajstić information content (AvgIpc) is 3.16. The van der Waals surface area contributed by atoms with Crippen molar-refractivity contribution in [1.82, 2.24) is 19.9 Å². The number of carbonyl (C=O) groups excluding carboxylic acids is 1. The van der Waals surface area contributed by atoms with E-state index in [0.29, 0.717) is 25.1 Å². The molecule has 0 atom stereocenters. The van der Waals surface area contributed by atoms with E-state index in [4.69, 9.17) is 4.74 Å². The summed E-state index contributed by atoms with van der Waals surface area (Å²) in [5, 5.41) is 11.3. The summed E-state index contributed by atoms with van der Waals surface area (Å²) in [6.07, 6.45) is 2.52. The van der Waals surface area contributed by atoms with Crippen LogP contribution in [0.5, 0.6) is 5.75 Å². The van der Waals surface area contributed by atoms with Crippen LogP contribution in [0.3, 0.4) is 0 Å². The van der Waals surface area contributed by atoms with Crippen molar-refractivity contribution in [1.29, 1.82) is 0 Å². The molecule has 2 heterocycles. The van der Waals surface area contributed by atoms with Crippen molar-refractivity contribution in [3.63, 3.8) is 0 Å². The summed E-state index contributed by atoms with van der Waals surface area (Å²) >= 11 is 0. The number of hydrogen-bond acceptors (Lipinski definition) is 4. The normalized spacial score (nSPS) is 10.7. The number of pyridine rings is 1. The second-order valence-electron chi connectivity index (χ2n) is 6.31. The van der Waals surface area contributed by atoms with E-state index in [1.807, 2.05) is 83.4 Å². The van der Waals surface area contributed by atoms with Crippen LogP contribution < -0.4 is 10.1 Å². The molecule has 0 aliphatic carbocycles. The number of ether oxygens (including phenoxy) is 1. The van der Waals surface area contributed by atoms with Gasteiger partial charge in [0, 0.05) is 30.3 Å². The van der Waals surface area contributed by atoms with Gasteiger partial charge >= 0.3 is 0 Å². The molecule has 1 amide bonds. The molecule has 0 fully saturated rings. The van der Waals surface area contributed by atoms with Crippen molar-refractivity contribution in [2.75, 3.05) is 6.54 Å². The third-order valence-electron chi connectivity index (χ3n) is 4.42. The van der Waals surface area contributed by atoms with Gasteiger partial charge in [0.15, 0.2) is 5.65 Å². The van der Waals surface area contributed by atoms with Gasteiger partial charge in [0.05, 0.1) is 0 Å². The number of hydrogen-bond donors (Lipinski definition) is 1. The second-order valence-corrected chi connectivity index (χ2v) is 6.31. The minimum atomic E-state index is -0.124. The minimum Gasteiger partial charge on any atom is -0.489 e. The average molecular weight is 372 g/mol. The summed E-state index contributed by atoms with van der Waals surface area (Å²) in [6, 6.07) is 22.8. The molecule has 0 saturated carbocycles. The molecule has 4 rings (SSSR count). The van der Waals surface area contributed by atoms with Crippen molar-refractivity contribution >= 4 is 11.6 Å². The van der Waals surface area contributed by atoms with E-state index >= 15 is 0 Å². The number of amides is 1. The smallest absolute Gasteiger partial charge is 0.251 e. The van der Waals surface area contributed by atoms with E-state index < -0.39 is 0 Å². The maximum Gasteiger partial charge on any atom is 0.251 e. The van der Waals surface area contributed by atoms with Gasteiger partial charge in [-0.1, -0.05) is 42.5 Å². The van der Waals surface area contributed by atoms with Crippen LogP contribution in [0, 0.1) is 0 Å². The number of nitrogens with zero attached hydrogens (tertiary/aromatic N) is 3. The lowest BCUT2D eigenvalue weighted by Crippen LogP contribution is -2.27. The van der Waals surface area contributed by atoms with Crippen LogP contribution >= 0.6 is 0 Å². The Morgan fingerprint density at radius 3 is 2.61 bits per heavy atom. The number of carbonyl (C=O) groups is 1. The zero-order chi connectivity index (χ0) is 19.2. The fraction of sp³-hybridized carbons (Fsp3) is 0.136. The van der Waals surface area contributed by atoms with E-state index in [2.05, 4.69) is 15.5 Å². The standard InChI is InChI=1S/C22H20N4O2/c27-22(23-14-13-21-25-24-20-12-6-7-15-26(20)21)19-11-5-4-8-17(19)16-28-18-9-2-1-3-10-18/h1-12,15H,13-14,16H2,(H,23,27). The number of para-hydroxylation sites is 1. The SMILES string of the molecule is O=C(NCCc1nnc2ccccn12)c1ccccc1COc1ccccc1. The Morgan fingerprint density at radius 2 is 1.71 bits per heavy atom. The quantitative estimate of drug-likeness (QED) is 0.541. The maximum atomic E-state index is 12.7. The molecule has 0 spiro atoms. The minimum absolute atomic E-state index is 0.124. The number of rotatable bonds is 7. The first-order valence-electron chi connectivity index (χ1n) is 9.14. The molecule has 2 aromatic carbocycles. The van der Waals surface area contributed by atoms with Crippen molar-refractivity contribution in [3.8, 4) is 5.75 Å². The zero-order valence-electron chi connectivity index (χ0n) is 15.3. The van der Waals surface area contributed by atoms with Crippen LogP contribution in [0.1, 0.15) is 21.7 Å². The predicted molar refractivity (Wildman–Crippen MR) is 106 cm³/mol. The first-order chi connectivity index (χ1) is 13.8. The summed E-state index contributed by atoms with van der Waals surface area (Å²) in [4.78, 5) is 12.7. The second kappa shape index (κ2) is 8.35. The molecule has 28 heavy (non-hydrogen) atoms. The lowest BCUT2D eigenvalue weighted by molar-refractivity contribution is 0.0951. The largest absolute Gasteiger partial charge is 0.489 e. The van der Waals surface area contributed by atoms with Crippen LogP contribution in [-0.2, 0) is 13.0 Å². The molecule has 0 aliphatic rings. The van der Waals surface area contributed by atoms with Crippen molar-refractivity contribution in [3.05, 3.63) is 95.9 Å². The molecule has 0 bridgehead atoms. The monoisotopic (exact) mass is 372 g/mol. The predicted octanol–water partition coefficient (Wildman–Crippen LogP) is 3.28. The molecule has 6 heteroatoms. The Morgan fingerprint density at radius 1 is 0.929 bits per heavy atom. The highest BCUT2D eigenvalue weighted by molar-refractivity contribution is 5.95. The topological polar surface area (TPSA) is 68.5 Å². The Labute approximate surface area is 162 Å². The van der Waals surface area contributed by atoms with E-state index in [1.54, 1.807) is 0 Å². The van der Waals surface area contributed by atoms with Crippen LogP contribution in [0.15, 0.2) is 79.0 Å². The Balaban J connectivity index is 1.38. The molecular formula is C22H20N4O2. The van der Waals surface area contributed by atoms with E-state index in [0.717, 1.165) is 22.8 Å². The molecule has 0 saturated heterocycles. The Hall–Kier alpha value is -3.67. The molecule has 0 aliphatic heterocycles. The molecule has 6 nitrogen and oxygen atoms in total. The van der Waals surface area contributed by atoms with Gasteiger partial charge in [0.25, 0.3) is 5.91 Å². The molecule has 4 aromatic rings. The number of nitrogens with one attached hydrogen (secondary N) is 1. The van der Waals surface area contributed by atoms with Crippen LogP contribution in [0.2, 0.25) is 0 Å². The van der Waals surface area contributed by atoms with Crippen molar-refractivity contribution in [2.24, 2.45) is 0 Å². The third kappa shape index (κ3) is 4.01. The van der Waals surface area contributed by atoms with Crippen LogP contribution in [-0.4, -0.2) is 27.0 Å². The first-order valence-corrected chi connectivity index (χ1v) is 9.14. The fourth-order valence-corrected chi connectivity index (χ4v) is 2.99. The fourth-order valence-electron chi connectivity index (χ4n) is 2.99. The lowest BCUT2D eigenvalue weighted by atomic mass is 10.1. The van der Waals surface area contributed by atoms with Gasteiger partial charge in [-0.05, 0) is 30.3 Å². The summed E-state index contributed by atoms with van der Waals surface area (Å²) in [5.41, 5.74) is 2.26. The molecule has 0 unspecified atom stereocenters. The lowest BCUT2D eigenvalue weighted by Gasteiger charge is -2.11. The molecular weight excluding hydrogens is 352 g/mol. The van der Waals surface area contributed by atoms with Gasteiger partial charge in [-0.25, -0.2) is 0 Å². The van der Waals surface area contributed by atoms with Gasteiger partial charge in [-0.2, -0.15) is 0 Å². The van der Waals surface area contributed by atoms with E-state index in [-0.39, 0.29) is 5.91 Å². The van der Waals surface area contributed by atoms with E-state index in [1.165, 1.54) is 0 Å². The van der Waals surface area contributed by atoms with Crippen LogP contribution in [0.25, 0.3) is 5.65 Å². The van der Waals surface area contributed by atoms with Gasteiger partial charge in [-0.15, -0.1) is 10.2 Å². The number of aromatic nitrogens is 3. The third-order valence-corrected chi connectivity index (χ3v) is 4.42. The molecule has 2 aromatic heterocycles. The van der Waals surface area contributed by atoms with Gasteiger partial charge < -0.3 is 10.1 Å². The van der Waals surface area contributed by atoms with Gasteiger partial charge in [-0.3, -0.25) is 9.20 Å². The van der Waals surface area contributed by atoms with E-state index in [9.17, 15) is 4.79 Å². The Kier molecular flexibility index (Phi) is 5.29. The van der Waals surface area contributed by atoms with Crippen LogP contribution in [0.4, 0.5) is 0 Å². The van der Waals surface area contributed by atoms with Gasteiger partial charge in [0.2, 0.25) is 0 Å². The highest BCUT2D eigenvalue weighted by atomic mass is 16.5. The van der Waals surface area contributed by atoms with Gasteiger partial charge in [0.1, 0.15) is 18.2 Å². The summed E-state index contributed by atoms with van der Waals surface area (Å²) in [7, 11) is 0. The molecule has 0 radical (unpaired) electrons. The highest BCUT2D eigenvalue weighted by Gasteiger charge is 2.12. The summed E-state index contributed by atoms with van der Waals surface area (Å²) < 4.78 is 7.72. The van der Waals surface area contributed by atoms with Crippen molar-refractivity contribution < 1.29 is 9.53 Å². The zero-order valence-corrected chi connectivity index (χ0v) is 15.3. The molecule has 140 valence electrons. The summed E-state index contributed by atoms with van der Waals surface area (Å²) in [5.74, 6) is 1.47. The Bertz CT molecular complexity index is 1080. The summed E-state index contributed by atoms with van der Waals surface area (Å²) in [6.45, 7) is 0.810. The highest BCUT2D eigenvalue weighted by Crippen LogP contribution is 2.15. The number of fused-ring (bicyclic) bond motifs is 1. The maximum absolute atomic E-state index is 12.7. The molecule has 1 N–H and O–H groups in total. The first kappa shape index (κ1) is 17.7. The van der Waals surface area contributed by atoms with Crippen molar-refractivity contribution in [2.45, 2.75) is 13.0 Å².